The highest BCUT2D eigenvalue weighted by molar-refractivity contribution is 5.87. The van der Waals surface area contributed by atoms with Crippen molar-refractivity contribution in [3.8, 4) is 0 Å². The SMILES string of the molecule is O=C(O)c1ccc(CNC(=O)N2CCC(C(=O)NCc3ccccc3)CC2)cc1. The lowest BCUT2D eigenvalue weighted by Crippen LogP contribution is -2.46. The number of carbonyl (C=O) groups excluding carboxylic acids is 2. The molecule has 1 aliphatic heterocycles. The Hall–Kier alpha value is -3.35. The lowest BCUT2D eigenvalue weighted by Gasteiger charge is -2.31. The molecule has 0 bridgehead atoms. The first-order chi connectivity index (χ1) is 14.0. The number of carboxylic acid groups (broad SMARTS) is 1. The van der Waals surface area contributed by atoms with Crippen molar-refractivity contribution in [3.05, 3.63) is 71.3 Å². The van der Waals surface area contributed by atoms with Crippen molar-refractivity contribution >= 4 is 17.9 Å². The van der Waals surface area contributed by atoms with Crippen molar-refractivity contribution in [2.75, 3.05) is 13.1 Å². The summed E-state index contributed by atoms with van der Waals surface area (Å²) in [6.45, 7) is 1.91. The zero-order chi connectivity index (χ0) is 20.6. The Bertz CT molecular complexity index is 844. The zero-order valence-electron chi connectivity index (χ0n) is 16.1. The molecule has 1 heterocycles. The van der Waals surface area contributed by atoms with E-state index in [1.807, 2.05) is 30.3 Å². The van der Waals surface area contributed by atoms with Crippen LogP contribution in [0.1, 0.15) is 34.3 Å². The monoisotopic (exact) mass is 395 g/mol. The summed E-state index contributed by atoms with van der Waals surface area (Å²) in [5, 5.41) is 14.7. The third kappa shape index (κ3) is 5.81. The van der Waals surface area contributed by atoms with Gasteiger partial charge in [0.15, 0.2) is 0 Å². The largest absolute Gasteiger partial charge is 0.478 e. The van der Waals surface area contributed by atoms with Crippen LogP contribution in [0.25, 0.3) is 0 Å². The van der Waals surface area contributed by atoms with E-state index in [0.717, 1.165) is 11.1 Å². The van der Waals surface area contributed by atoms with E-state index in [-0.39, 0.29) is 23.4 Å². The highest BCUT2D eigenvalue weighted by Crippen LogP contribution is 2.18. The molecular formula is C22H25N3O4. The van der Waals surface area contributed by atoms with Crippen molar-refractivity contribution in [2.45, 2.75) is 25.9 Å². The van der Waals surface area contributed by atoms with Gasteiger partial charge in [-0.3, -0.25) is 4.79 Å². The summed E-state index contributed by atoms with van der Waals surface area (Å²) < 4.78 is 0. The van der Waals surface area contributed by atoms with Gasteiger partial charge in [-0.2, -0.15) is 0 Å². The van der Waals surface area contributed by atoms with E-state index < -0.39 is 5.97 Å². The number of nitrogens with one attached hydrogen (secondary N) is 2. The van der Waals surface area contributed by atoms with Crippen LogP contribution < -0.4 is 10.6 Å². The Morgan fingerprint density at radius 2 is 1.45 bits per heavy atom. The number of piperidine rings is 1. The Labute approximate surface area is 169 Å². The van der Waals surface area contributed by atoms with Crippen molar-refractivity contribution in [2.24, 2.45) is 5.92 Å². The first-order valence-electron chi connectivity index (χ1n) is 9.69. The molecular weight excluding hydrogens is 370 g/mol. The van der Waals surface area contributed by atoms with E-state index in [0.29, 0.717) is 39.0 Å². The molecule has 0 unspecified atom stereocenters. The first kappa shape index (κ1) is 20.4. The number of aromatic carboxylic acids is 1. The molecule has 3 rings (SSSR count). The minimum atomic E-state index is -0.976. The molecule has 1 saturated heterocycles. The number of urea groups is 1. The Morgan fingerprint density at radius 1 is 0.862 bits per heavy atom. The molecule has 29 heavy (non-hydrogen) atoms. The van der Waals surface area contributed by atoms with Gasteiger partial charge in [0.05, 0.1) is 5.56 Å². The Kier molecular flexibility index (Phi) is 6.84. The summed E-state index contributed by atoms with van der Waals surface area (Å²) in [7, 11) is 0. The number of nitrogens with zero attached hydrogens (tertiary/aromatic N) is 1. The maximum Gasteiger partial charge on any atom is 0.335 e. The predicted molar refractivity (Wildman–Crippen MR) is 108 cm³/mol. The van der Waals surface area contributed by atoms with E-state index in [9.17, 15) is 14.4 Å². The van der Waals surface area contributed by atoms with Gasteiger partial charge < -0.3 is 20.6 Å². The summed E-state index contributed by atoms with van der Waals surface area (Å²) in [6, 6.07) is 16.0. The zero-order valence-corrected chi connectivity index (χ0v) is 16.1. The molecule has 3 N–H and O–H groups in total. The molecule has 2 aromatic rings. The van der Waals surface area contributed by atoms with E-state index >= 15 is 0 Å². The lowest BCUT2D eigenvalue weighted by molar-refractivity contribution is -0.126. The minimum absolute atomic E-state index is 0.0347. The molecule has 0 spiro atoms. The lowest BCUT2D eigenvalue weighted by atomic mass is 9.96. The highest BCUT2D eigenvalue weighted by atomic mass is 16.4. The van der Waals surface area contributed by atoms with Gasteiger partial charge in [0.2, 0.25) is 5.91 Å². The van der Waals surface area contributed by atoms with Gasteiger partial charge >= 0.3 is 12.0 Å². The van der Waals surface area contributed by atoms with Gasteiger partial charge in [-0.15, -0.1) is 0 Å². The summed E-state index contributed by atoms with van der Waals surface area (Å²) in [5.74, 6) is -1.02. The van der Waals surface area contributed by atoms with Gasteiger partial charge in [-0.25, -0.2) is 9.59 Å². The van der Waals surface area contributed by atoms with Crippen molar-refractivity contribution in [3.63, 3.8) is 0 Å². The van der Waals surface area contributed by atoms with Crippen molar-refractivity contribution in [1.82, 2.24) is 15.5 Å². The second-order valence-corrected chi connectivity index (χ2v) is 7.13. The van der Waals surface area contributed by atoms with E-state index in [1.165, 1.54) is 12.1 Å². The predicted octanol–water partition coefficient (Wildman–Crippen LogP) is 2.62. The first-order valence-corrected chi connectivity index (χ1v) is 9.69. The molecule has 0 aliphatic carbocycles. The number of rotatable bonds is 6. The van der Waals surface area contributed by atoms with Crippen LogP contribution in [0, 0.1) is 5.92 Å². The number of carboxylic acids is 1. The average Bonchev–Trinajstić information content (AvgIpc) is 2.77. The van der Waals surface area contributed by atoms with Crippen LogP contribution in [0.3, 0.4) is 0 Å². The molecule has 2 aromatic carbocycles. The van der Waals surface area contributed by atoms with Crippen LogP contribution in [0.15, 0.2) is 54.6 Å². The van der Waals surface area contributed by atoms with Crippen LogP contribution in [0.4, 0.5) is 4.79 Å². The van der Waals surface area contributed by atoms with Crippen molar-refractivity contribution in [1.29, 1.82) is 0 Å². The van der Waals surface area contributed by atoms with Gasteiger partial charge in [0.1, 0.15) is 0 Å². The highest BCUT2D eigenvalue weighted by Gasteiger charge is 2.27. The second kappa shape index (κ2) is 9.73. The summed E-state index contributed by atoms with van der Waals surface area (Å²) in [6.07, 6.45) is 1.28. The molecule has 3 amide bonds. The van der Waals surface area contributed by atoms with Gasteiger partial charge in [0, 0.05) is 32.1 Å². The number of carbonyl (C=O) groups is 3. The van der Waals surface area contributed by atoms with Crippen LogP contribution in [-0.2, 0) is 17.9 Å². The average molecular weight is 395 g/mol. The molecule has 152 valence electrons. The molecule has 0 saturated carbocycles. The van der Waals surface area contributed by atoms with Gasteiger partial charge in [0.25, 0.3) is 0 Å². The fraction of sp³-hybridized carbons (Fsp3) is 0.318. The van der Waals surface area contributed by atoms with Crippen LogP contribution in [0.2, 0.25) is 0 Å². The molecule has 1 fully saturated rings. The van der Waals surface area contributed by atoms with E-state index in [2.05, 4.69) is 10.6 Å². The van der Waals surface area contributed by atoms with Crippen LogP contribution >= 0.6 is 0 Å². The van der Waals surface area contributed by atoms with E-state index in [1.54, 1.807) is 17.0 Å². The molecule has 0 radical (unpaired) electrons. The summed E-state index contributed by atoms with van der Waals surface area (Å²) in [5.41, 5.74) is 2.11. The number of likely N-dealkylation sites (tertiary alicyclic amines) is 1. The van der Waals surface area contributed by atoms with Crippen LogP contribution in [-0.4, -0.2) is 41.0 Å². The second-order valence-electron chi connectivity index (χ2n) is 7.13. The number of benzene rings is 2. The molecule has 7 nitrogen and oxygen atoms in total. The number of hydrogen-bond donors (Lipinski definition) is 3. The molecule has 1 aliphatic rings. The molecule has 7 heteroatoms. The van der Waals surface area contributed by atoms with Crippen LogP contribution in [0.5, 0.6) is 0 Å². The van der Waals surface area contributed by atoms with Crippen molar-refractivity contribution < 1.29 is 19.5 Å². The smallest absolute Gasteiger partial charge is 0.335 e. The fourth-order valence-corrected chi connectivity index (χ4v) is 3.33. The maximum atomic E-state index is 12.4. The topological polar surface area (TPSA) is 98.7 Å². The molecule has 0 aromatic heterocycles. The van der Waals surface area contributed by atoms with Gasteiger partial charge in [-0.1, -0.05) is 42.5 Å². The summed E-state index contributed by atoms with van der Waals surface area (Å²) in [4.78, 5) is 37.3. The minimum Gasteiger partial charge on any atom is -0.478 e. The Balaban J connectivity index is 1.39. The maximum absolute atomic E-state index is 12.4. The van der Waals surface area contributed by atoms with E-state index in [4.69, 9.17) is 5.11 Å². The third-order valence-electron chi connectivity index (χ3n) is 5.11. The quantitative estimate of drug-likeness (QED) is 0.700. The standard InChI is InChI=1S/C22H25N3O4/c26-20(23-14-16-4-2-1-3-5-16)18-10-12-25(13-11-18)22(29)24-15-17-6-8-19(9-7-17)21(27)28/h1-9,18H,10-15H2,(H,23,26)(H,24,29)(H,27,28). The third-order valence-corrected chi connectivity index (χ3v) is 5.11. The number of hydrogen-bond acceptors (Lipinski definition) is 3. The van der Waals surface area contributed by atoms with Gasteiger partial charge in [-0.05, 0) is 36.1 Å². The normalized spacial score (nSPS) is 14.3. The fourth-order valence-electron chi connectivity index (χ4n) is 3.33. The summed E-state index contributed by atoms with van der Waals surface area (Å²) >= 11 is 0. The number of amides is 3. The Morgan fingerprint density at radius 3 is 2.07 bits per heavy atom. The molecule has 0 atom stereocenters.